The molecule has 0 aliphatic heterocycles. The highest BCUT2D eigenvalue weighted by molar-refractivity contribution is 5.90. The van der Waals surface area contributed by atoms with Crippen LogP contribution in [0.5, 0.6) is 0 Å². The number of halogens is 3. The van der Waals surface area contributed by atoms with Crippen molar-refractivity contribution in [3.8, 4) is 5.69 Å². The molecule has 0 fully saturated rings. The monoisotopic (exact) mass is 329 g/mol. The largest absolute Gasteiger partial charge is 0.416 e. The van der Waals surface area contributed by atoms with Gasteiger partial charge in [0.25, 0.3) is 11.7 Å². The molecule has 0 aliphatic rings. The molecule has 0 bridgehead atoms. The van der Waals surface area contributed by atoms with Crippen LogP contribution in [0.2, 0.25) is 0 Å². The third-order valence-electron chi connectivity index (χ3n) is 3.09. The molecule has 7 nitrogen and oxygen atoms in total. The van der Waals surface area contributed by atoms with E-state index in [-0.39, 0.29) is 18.1 Å². The topological polar surface area (TPSA) is 92.9 Å². The SMILES string of the molecule is CCC(CO)NC(=O)c1nnn(-c2ccc(C(F)(F)F)cc2)n1. The second-order valence-electron chi connectivity index (χ2n) is 4.71. The molecule has 23 heavy (non-hydrogen) atoms. The Hall–Kier alpha value is -2.49. The molecule has 0 radical (unpaired) electrons. The number of carbonyl (C=O) groups excluding carboxylic acids is 1. The first kappa shape index (κ1) is 16.9. The zero-order chi connectivity index (χ0) is 17.0. The maximum Gasteiger partial charge on any atom is 0.416 e. The molecule has 0 aliphatic carbocycles. The maximum absolute atomic E-state index is 12.5. The number of aliphatic hydroxyl groups excluding tert-OH is 1. The first-order chi connectivity index (χ1) is 10.8. The third kappa shape index (κ3) is 4.03. The molecule has 10 heteroatoms. The normalized spacial score (nSPS) is 12.9. The molecule has 0 saturated carbocycles. The molecular formula is C13H14F3N5O2. The fourth-order valence-corrected chi connectivity index (χ4v) is 1.73. The Bertz CT molecular complexity index is 665. The van der Waals surface area contributed by atoms with E-state index < -0.39 is 23.7 Å². The van der Waals surface area contributed by atoms with E-state index in [9.17, 15) is 18.0 Å². The van der Waals surface area contributed by atoms with E-state index in [2.05, 4.69) is 20.7 Å². The predicted molar refractivity (Wildman–Crippen MR) is 72.8 cm³/mol. The van der Waals surface area contributed by atoms with Crippen LogP contribution in [0.3, 0.4) is 0 Å². The number of tetrazole rings is 1. The Kier molecular flexibility index (Phi) is 4.94. The molecule has 1 aromatic heterocycles. The van der Waals surface area contributed by atoms with E-state index in [0.29, 0.717) is 6.42 Å². The smallest absolute Gasteiger partial charge is 0.394 e. The Balaban J connectivity index is 2.14. The summed E-state index contributed by atoms with van der Waals surface area (Å²) < 4.78 is 37.5. The molecule has 1 amide bonds. The van der Waals surface area contributed by atoms with Gasteiger partial charge in [0.1, 0.15) is 0 Å². The van der Waals surface area contributed by atoms with Gasteiger partial charge in [-0.05, 0) is 35.9 Å². The zero-order valence-electron chi connectivity index (χ0n) is 12.1. The number of aromatic nitrogens is 4. The molecule has 2 N–H and O–H groups in total. The van der Waals surface area contributed by atoms with Gasteiger partial charge in [0, 0.05) is 0 Å². The van der Waals surface area contributed by atoms with Gasteiger partial charge in [-0.2, -0.15) is 13.2 Å². The lowest BCUT2D eigenvalue weighted by Crippen LogP contribution is -2.37. The average Bonchev–Trinajstić information content (AvgIpc) is 3.01. The summed E-state index contributed by atoms with van der Waals surface area (Å²) in [7, 11) is 0. The van der Waals surface area contributed by atoms with Crippen LogP contribution >= 0.6 is 0 Å². The van der Waals surface area contributed by atoms with Crippen molar-refractivity contribution >= 4 is 5.91 Å². The van der Waals surface area contributed by atoms with Gasteiger partial charge in [0.05, 0.1) is 23.9 Å². The van der Waals surface area contributed by atoms with E-state index in [4.69, 9.17) is 5.11 Å². The van der Waals surface area contributed by atoms with Crippen molar-refractivity contribution in [1.29, 1.82) is 0 Å². The zero-order valence-corrected chi connectivity index (χ0v) is 12.1. The van der Waals surface area contributed by atoms with E-state index >= 15 is 0 Å². The van der Waals surface area contributed by atoms with Crippen molar-refractivity contribution in [2.45, 2.75) is 25.6 Å². The number of amides is 1. The Morgan fingerprint density at radius 2 is 2.00 bits per heavy atom. The summed E-state index contributed by atoms with van der Waals surface area (Å²) in [6.07, 6.45) is -3.91. The van der Waals surface area contributed by atoms with Gasteiger partial charge in [-0.1, -0.05) is 6.92 Å². The van der Waals surface area contributed by atoms with Crippen molar-refractivity contribution in [2.24, 2.45) is 0 Å². The summed E-state index contributed by atoms with van der Waals surface area (Å²) in [4.78, 5) is 12.8. The van der Waals surface area contributed by atoms with Crippen LogP contribution in [0.1, 0.15) is 29.5 Å². The van der Waals surface area contributed by atoms with Crippen LogP contribution in [0, 0.1) is 0 Å². The fraction of sp³-hybridized carbons (Fsp3) is 0.385. The summed E-state index contributed by atoms with van der Waals surface area (Å²) in [5.74, 6) is -0.860. The summed E-state index contributed by atoms with van der Waals surface area (Å²) >= 11 is 0. The van der Waals surface area contributed by atoms with Crippen LogP contribution in [-0.4, -0.2) is 43.9 Å². The highest BCUT2D eigenvalue weighted by Gasteiger charge is 2.30. The lowest BCUT2D eigenvalue weighted by Gasteiger charge is -2.11. The van der Waals surface area contributed by atoms with Gasteiger partial charge in [-0.3, -0.25) is 4.79 Å². The molecule has 0 saturated heterocycles. The first-order valence-electron chi connectivity index (χ1n) is 6.74. The molecule has 1 atom stereocenters. The first-order valence-corrected chi connectivity index (χ1v) is 6.74. The summed E-state index contributed by atoms with van der Waals surface area (Å²) in [5, 5.41) is 22.5. The van der Waals surface area contributed by atoms with E-state index in [1.165, 1.54) is 12.1 Å². The lowest BCUT2D eigenvalue weighted by molar-refractivity contribution is -0.137. The standard InChI is InChI=1S/C13H14F3N5O2/c1-2-9(7-22)17-12(23)11-18-20-21(19-11)10-5-3-8(4-6-10)13(14,15)16/h3-6,9,22H,2,7H2,1H3,(H,17,23). The van der Waals surface area contributed by atoms with Crippen LogP contribution in [0.4, 0.5) is 13.2 Å². The number of aliphatic hydroxyl groups is 1. The van der Waals surface area contributed by atoms with Gasteiger partial charge in [-0.25, -0.2) is 0 Å². The van der Waals surface area contributed by atoms with Crippen molar-refractivity contribution in [2.75, 3.05) is 6.61 Å². The number of rotatable bonds is 5. The molecule has 124 valence electrons. The molecule has 0 spiro atoms. The number of nitrogens with one attached hydrogen (secondary N) is 1. The summed E-state index contributed by atoms with van der Waals surface area (Å²) in [5.41, 5.74) is -0.563. The number of nitrogens with zero attached hydrogens (tertiary/aromatic N) is 4. The van der Waals surface area contributed by atoms with Crippen LogP contribution in [0.15, 0.2) is 24.3 Å². The number of benzene rings is 1. The molecule has 1 aromatic carbocycles. The minimum atomic E-state index is -4.43. The molecule has 2 aromatic rings. The minimum absolute atomic E-state index is 0.227. The highest BCUT2D eigenvalue weighted by Crippen LogP contribution is 2.29. The van der Waals surface area contributed by atoms with E-state index in [0.717, 1.165) is 16.9 Å². The molecular weight excluding hydrogens is 315 g/mol. The van der Waals surface area contributed by atoms with Crippen molar-refractivity contribution in [1.82, 2.24) is 25.5 Å². The van der Waals surface area contributed by atoms with Crippen molar-refractivity contribution in [3.05, 3.63) is 35.7 Å². The number of hydrogen-bond donors (Lipinski definition) is 2. The summed E-state index contributed by atoms with van der Waals surface area (Å²) in [6.45, 7) is 1.56. The molecule has 1 unspecified atom stereocenters. The Labute approximate surface area is 129 Å². The van der Waals surface area contributed by atoms with E-state index in [1.807, 2.05) is 0 Å². The number of hydrogen-bond acceptors (Lipinski definition) is 5. The van der Waals surface area contributed by atoms with Gasteiger partial charge in [0.15, 0.2) is 0 Å². The Morgan fingerprint density at radius 3 is 2.52 bits per heavy atom. The van der Waals surface area contributed by atoms with E-state index in [1.54, 1.807) is 6.92 Å². The number of alkyl halides is 3. The van der Waals surface area contributed by atoms with Crippen molar-refractivity contribution in [3.63, 3.8) is 0 Å². The Morgan fingerprint density at radius 1 is 1.35 bits per heavy atom. The number of carbonyl (C=O) groups is 1. The van der Waals surface area contributed by atoms with Crippen LogP contribution in [0.25, 0.3) is 5.69 Å². The quantitative estimate of drug-likeness (QED) is 0.859. The van der Waals surface area contributed by atoms with Crippen LogP contribution in [-0.2, 0) is 6.18 Å². The van der Waals surface area contributed by atoms with Gasteiger partial charge in [-0.15, -0.1) is 15.0 Å². The predicted octanol–water partition coefficient (Wildman–Crippen LogP) is 1.18. The van der Waals surface area contributed by atoms with Crippen LogP contribution < -0.4 is 5.32 Å². The third-order valence-corrected chi connectivity index (χ3v) is 3.09. The second kappa shape index (κ2) is 6.73. The summed E-state index contributed by atoms with van der Waals surface area (Å²) in [6, 6.07) is 3.69. The molecule has 2 rings (SSSR count). The van der Waals surface area contributed by atoms with Crippen molar-refractivity contribution < 1.29 is 23.1 Å². The average molecular weight is 329 g/mol. The minimum Gasteiger partial charge on any atom is -0.394 e. The van der Waals surface area contributed by atoms with Gasteiger partial charge < -0.3 is 10.4 Å². The van der Waals surface area contributed by atoms with Gasteiger partial charge >= 0.3 is 6.18 Å². The highest BCUT2D eigenvalue weighted by atomic mass is 19.4. The second-order valence-corrected chi connectivity index (χ2v) is 4.71. The lowest BCUT2D eigenvalue weighted by atomic mass is 10.2. The van der Waals surface area contributed by atoms with Gasteiger partial charge in [0.2, 0.25) is 0 Å². The fourth-order valence-electron chi connectivity index (χ4n) is 1.73. The maximum atomic E-state index is 12.5. The molecule has 1 heterocycles.